The van der Waals surface area contributed by atoms with Crippen molar-refractivity contribution in [2.45, 2.75) is 12.7 Å². The highest BCUT2D eigenvalue weighted by Gasteiger charge is 2.30. The number of carbonyl (C=O) groups is 2. The Labute approximate surface area is 177 Å². The zero-order chi connectivity index (χ0) is 23.5. The lowest BCUT2D eigenvalue weighted by molar-refractivity contribution is -0.384. The monoisotopic (exact) mass is 450 g/mol. The molecule has 0 unspecified atom stereocenters. The average molecular weight is 450 g/mol. The van der Waals surface area contributed by atoms with Crippen LogP contribution < -0.4 is 10.1 Å². The van der Waals surface area contributed by atoms with Crippen LogP contribution in [0.3, 0.4) is 0 Å². The van der Waals surface area contributed by atoms with E-state index in [4.69, 9.17) is 9.84 Å². The van der Waals surface area contributed by atoms with Crippen LogP contribution in [0.2, 0.25) is 0 Å². The van der Waals surface area contributed by atoms with Crippen LogP contribution in [0.15, 0.2) is 54.9 Å². The van der Waals surface area contributed by atoms with Gasteiger partial charge in [-0.05, 0) is 18.2 Å². The summed E-state index contributed by atoms with van der Waals surface area (Å²) in [5.41, 5.74) is -1.53. The Morgan fingerprint density at radius 1 is 1.19 bits per heavy atom. The van der Waals surface area contributed by atoms with Gasteiger partial charge in [0, 0.05) is 18.3 Å². The second-order valence-electron chi connectivity index (χ2n) is 6.37. The number of hydrogen-bond acceptors (Lipinski definition) is 6. The first-order valence-electron chi connectivity index (χ1n) is 8.71. The van der Waals surface area contributed by atoms with Crippen molar-refractivity contribution in [3.8, 4) is 11.5 Å². The highest BCUT2D eigenvalue weighted by atomic mass is 19.4. The Morgan fingerprint density at radius 3 is 2.59 bits per heavy atom. The molecule has 0 spiro atoms. The topological polar surface area (TPSA) is 137 Å². The molecule has 0 saturated carbocycles. The number of ether oxygens (including phenoxy) is 1. The molecular weight excluding hydrogens is 437 g/mol. The number of nitrogens with zero attached hydrogens (tertiary/aromatic N) is 3. The number of alkyl halides is 3. The van der Waals surface area contributed by atoms with Gasteiger partial charge in [0.25, 0.3) is 11.6 Å². The number of aromatic nitrogens is 2. The summed E-state index contributed by atoms with van der Waals surface area (Å²) in [6.45, 7) is -0.473. The summed E-state index contributed by atoms with van der Waals surface area (Å²) < 4.78 is 45.0. The van der Waals surface area contributed by atoms with Crippen LogP contribution in [0, 0.1) is 10.1 Å². The van der Waals surface area contributed by atoms with Crippen molar-refractivity contribution >= 4 is 23.3 Å². The van der Waals surface area contributed by atoms with E-state index in [2.05, 4.69) is 10.4 Å². The Hall–Kier alpha value is -4.42. The highest BCUT2D eigenvalue weighted by Crippen LogP contribution is 2.34. The van der Waals surface area contributed by atoms with E-state index >= 15 is 0 Å². The quantitative estimate of drug-likeness (QED) is 0.411. The number of carbonyl (C=O) groups excluding carboxylic acids is 1. The number of carboxylic acids is 1. The maximum atomic E-state index is 12.9. The summed E-state index contributed by atoms with van der Waals surface area (Å²) in [6.07, 6.45) is -2.33. The van der Waals surface area contributed by atoms with Crippen LogP contribution in [0.5, 0.6) is 11.5 Å². The molecule has 166 valence electrons. The first-order chi connectivity index (χ1) is 15.0. The fourth-order valence-corrected chi connectivity index (χ4v) is 2.60. The summed E-state index contributed by atoms with van der Waals surface area (Å²) in [5, 5.41) is 26.1. The van der Waals surface area contributed by atoms with E-state index in [1.165, 1.54) is 18.3 Å². The van der Waals surface area contributed by atoms with Gasteiger partial charge in [0.15, 0.2) is 0 Å². The van der Waals surface area contributed by atoms with Crippen LogP contribution in [0.4, 0.5) is 24.5 Å². The van der Waals surface area contributed by atoms with Gasteiger partial charge in [-0.3, -0.25) is 24.4 Å². The Bertz CT molecular complexity index is 1190. The molecule has 2 N–H and O–H groups in total. The summed E-state index contributed by atoms with van der Waals surface area (Å²) in [5.74, 6) is -2.31. The molecule has 2 aromatic carbocycles. The molecule has 3 aromatic rings. The van der Waals surface area contributed by atoms with Gasteiger partial charge in [-0.15, -0.1) is 0 Å². The molecule has 32 heavy (non-hydrogen) atoms. The maximum absolute atomic E-state index is 12.9. The van der Waals surface area contributed by atoms with Crippen LogP contribution in [0.25, 0.3) is 0 Å². The average Bonchev–Trinajstić information content (AvgIpc) is 3.15. The Morgan fingerprint density at radius 2 is 1.94 bits per heavy atom. The van der Waals surface area contributed by atoms with Gasteiger partial charge in [-0.25, -0.2) is 0 Å². The molecule has 13 heteroatoms. The third kappa shape index (κ3) is 5.59. The minimum atomic E-state index is -4.60. The number of halogens is 3. The normalized spacial score (nSPS) is 11.1. The standard InChI is InChI=1S/C19H13F3N4O6/c20-19(21,22)12-2-1-3-15(4-12)32-16-6-13(5-14(7-16)26(30)31)24-18(29)11-8-23-25(9-11)10-17(27)28/h1-9H,10H2,(H,24,29)(H,27,28). The number of aliphatic carboxylic acids is 1. The minimum Gasteiger partial charge on any atom is -0.480 e. The third-order valence-corrected chi connectivity index (χ3v) is 3.95. The van der Waals surface area contributed by atoms with Crippen molar-refractivity contribution in [2.24, 2.45) is 0 Å². The van der Waals surface area contributed by atoms with E-state index in [9.17, 15) is 32.9 Å². The highest BCUT2D eigenvalue weighted by molar-refractivity contribution is 6.04. The van der Waals surface area contributed by atoms with Crippen molar-refractivity contribution in [3.05, 3.63) is 76.1 Å². The number of rotatable bonds is 7. The molecule has 0 radical (unpaired) electrons. The van der Waals surface area contributed by atoms with E-state index in [1.54, 1.807) is 0 Å². The molecule has 1 heterocycles. The largest absolute Gasteiger partial charge is 0.480 e. The van der Waals surface area contributed by atoms with E-state index in [1.807, 2.05) is 0 Å². The van der Waals surface area contributed by atoms with Gasteiger partial charge in [0.05, 0.1) is 34.0 Å². The SMILES string of the molecule is O=C(O)Cn1cc(C(=O)Nc2cc(Oc3cccc(C(F)(F)F)c3)cc([N+](=O)[O-])c2)cn1. The minimum absolute atomic E-state index is 0.0156. The second kappa shape index (κ2) is 8.75. The van der Waals surface area contributed by atoms with Crippen molar-refractivity contribution in [2.75, 3.05) is 5.32 Å². The predicted molar refractivity (Wildman–Crippen MR) is 102 cm³/mol. The van der Waals surface area contributed by atoms with Crippen molar-refractivity contribution in [3.63, 3.8) is 0 Å². The number of amides is 1. The molecule has 1 aromatic heterocycles. The van der Waals surface area contributed by atoms with E-state index in [0.29, 0.717) is 0 Å². The molecule has 0 bridgehead atoms. The van der Waals surface area contributed by atoms with Crippen LogP contribution in [0.1, 0.15) is 15.9 Å². The number of nitro benzene ring substituents is 1. The molecule has 1 amide bonds. The summed E-state index contributed by atoms with van der Waals surface area (Å²) >= 11 is 0. The number of carboxylic acid groups (broad SMARTS) is 1. The molecule has 0 atom stereocenters. The number of hydrogen-bond donors (Lipinski definition) is 2. The van der Waals surface area contributed by atoms with Crippen molar-refractivity contribution < 1.29 is 37.5 Å². The third-order valence-electron chi connectivity index (χ3n) is 3.95. The summed E-state index contributed by atoms with van der Waals surface area (Å²) in [6, 6.07) is 7.13. The van der Waals surface area contributed by atoms with Gasteiger partial charge < -0.3 is 15.2 Å². The van der Waals surface area contributed by atoms with Crippen molar-refractivity contribution in [1.29, 1.82) is 0 Å². The lowest BCUT2D eigenvalue weighted by Gasteiger charge is -2.11. The lowest BCUT2D eigenvalue weighted by Crippen LogP contribution is -2.12. The van der Waals surface area contributed by atoms with E-state index in [0.717, 1.165) is 41.2 Å². The maximum Gasteiger partial charge on any atom is 0.416 e. The van der Waals surface area contributed by atoms with Gasteiger partial charge in [-0.1, -0.05) is 6.07 Å². The molecule has 0 aliphatic carbocycles. The predicted octanol–water partition coefficient (Wildman–Crippen LogP) is 3.94. The lowest BCUT2D eigenvalue weighted by atomic mass is 10.2. The molecule has 0 fully saturated rings. The van der Waals surface area contributed by atoms with E-state index < -0.39 is 40.8 Å². The van der Waals surface area contributed by atoms with Gasteiger partial charge in [0.1, 0.15) is 18.0 Å². The second-order valence-corrected chi connectivity index (χ2v) is 6.37. The zero-order valence-electron chi connectivity index (χ0n) is 15.9. The van der Waals surface area contributed by atoms with Crippen LogP contribution >= 0.6 is 0 Å². The van der Waals surface area contributed by atoms with Crippen LogP contribution in [-0.2, 0) is 17.5 Å². The molecule has 0 aliphatic rings. The molecule has 10 nitrogen and oxygen atoms in total. The van der Waals surface area contributed by atoms with Crippen molar-refractivity contribution in [1.82, 2.24) is 9.78 Å². The van der Waals surface area contributed by atoms with E-state index in [-0.39, 0.29) is 22.7 Å². The number of non-ortho nitro benzene ring substituents is 1. The first kappa shape index (κ1) is 22.3. The molecule has 0 aliphatic heterocycles. The van der Waals surface area contributed by atoms with Gasteiger partial charge in [0.2, 0.25) is 0 Å². The zero-order valence-corrected chi connectivity index (χ0v) is 15.9. The Kier molecular flexibility index (Phi) is 6.09. The number of nitro groups is 1. The molecule has 0 saturated heterocycles. The summed E-state index contributed by atoms with van der Waals surface area (Å²) in [7, 11) is 0. The number of anilines is 1. The van der Waals surface area contributed by atoms with Crippen LogP contribution in [-0.4, -0.2) is 31.7 Å². The number of benzene rings is 2. The summed E-state index contributed by atoms with van der Waals surface area (Å²) in [4.78, 5) is 33.5. The number of nitrogens with one attached hydrogen (secondary N) is 1. The Balaban J connectivity index is 1.85. The molecular formula is C19H13F3N4O6. The molecule has 3 rings (SSSR count). The van der Waals surface area contributed by atoms with Gasteiger partial charge >= 0.3 is 12.1 Å². The van der Waals surface area contributed by atoms with Gasteiger partial charge in [-0.2, -0.15) is 18.3 Å². The fraction of sp³-hybridized carbons (Fsp3) is 0.105. The fourth-order valence-electron chi connectivity index (χ4n) is 2.60. The smallest absolute Gasteiger partial charge is 0.416 e. The first-order valence-corrected chi connectivity index (χ1v) is 8.71.